The minimum atomic E-state index is -0.673. The van der Waals surface area contributed by atoms with Gasteiger partial charge in [-0.05, 0) is 24.1 Å². The molecule has 0 aliphatic carbocycles. The van der Waals surface area contributed by atoms with Gasteiger partial charge in [0.05, 0.1) is 11.0 Å². The Bertz CT molecular complexity index is 913. The molecule has 0 unspecified atom stereocenters. The molecule has 2 aliphatic heterocycles. The quantitative estimate of drug-likeness (QED) is 0.733. The first kappa shape index (κ1) is 13.8. The average molecular weight is 305 g/mol. The van der Waals surface area contributed by atoms with Crippen molar-refractivity contribution >= 4 is 22.6 Å². The lowest BCUT2D eigenvalue weighted by molar-refractivity contribution is 0.530. The van der Waals surface area contributed by atoms with Crippen molar-refractivity contribution in [3.63, 3.8) is 0 Å². The number of rotatable bonds is 2. The maximum absolute atomic E-state index is 12.0. The topological polar surface area (TPSA) is 80.6 Å². The predicted octanol–water partition coefficient (Wildman–Crippen LogP) is 1.89. The zero-order chi connectivity index (χ0) is 15.1. The first-order valence-electron chi connectivity index (χ1n) is 6.56. The van der Waals surface area contributed by atoms with Crippen LogP contribution >= 0.6 is 11.6 Å². The first-order chi connectivity index (χ1) is 9.95. The summed E-state index contributed by atoms with van der Waals surface area (Å²) in [6.07, 6.45) is 0. The van der Waals surface area contributed by atoms with Crippen LogP contribution in [-0.2, 0) is 6.54 Å². The summed E-state index contributed by atoms with van der Waals surface area (Å²) in [4.78, 5) is 33.8. The highest BCUT2D eigenvalue weighted by atomic mass is 35.5. The molecule has 0 aromatic heterocycles. The van der Waals surface area contributed by atoms with Crippen molar-refractivity contribution in [2.24, 2.45) is 5.92 Å². The van der Waals surface area contributed by atoms with E-state index in [1.54, 1.807) is 18.2 Å². The summed E-state index contributed by atoms with van der Waals surface area (Å²) in [5.74, 6) is 0.589. The fourth-order valence-electron chi connectivity index (χ4n) is 2.32. The molecular weight excluding hydrogens is 292 g/mol. The second kappa shape index (κ2) is 4.96. The van der Waals surface area contributed by atoms with E-state index in [1.165, 1.54) is 0 Å². The number of aromatic nitrogens is 4. The van der Waals surface area contributed by atoms with E-state index >= 15 is 0 Å². The highest BCUT2D eigenvalue weighted by Gasteiger charge is 2.19. The molecule has 0 spiro atoms. The van der Waals surface area contributed by atoms with Crippen LogP contribution in [-0.4, -0.2) is 19.5 Å². The number of aromatic amines is 1. The Balaban J connectivity index is 2.51. The normalized spacial score (nSPS) is 11.6. The molecule has 0 amide bonds. The van der Waals surface area contributed by atoms with Crippen molar-refractivity contribution in [3.8, 4) is 11.5 Å². The summed E-state index contributed by atoms with van der Waals surface area (Å²) < 4.78 is 1.82. The van der Waals surface area contributed by atoms with Crippen LogP contribution in [0.3, 0.4) is 0 Å². The van der Waals surface area contributed by atoms with Crippen LogP contribution < -0.4 is 11.2 Å². The van der Waals surface area contributed by atoms with Crippen LogP contribution in [0.2, 0.25) is 5.02 Å². The standard InChI is InChI=1S/C14H13ClN4O2/c1-7(2)6-19-10-5-8(15)3-4-9(10)16-11-12(19)17-14(21)18-13(11)20/h3-5,7H,6H2,1-2H3,(H,18,20,21). The highest BCUT2D eigenvalue weighted by molar-refractivity contribution is 6.31. The van der Waals surface area contributed by atoms with E-state index in [9.17, 15) is 9.59 Å². The lowest BCUT2D eigenvalue weighted by atomic mass is 10.2. The molecule has 0 bridgehead atoms. The minimum absolute atomic E-state index is 0.157. The molecule has 1 N–H and O–H groups in total. The van der Waals surface area contributed by atoms with Crippen molar-refractivity contribution < 1.29 is 0 Å². The molecule has 1 aromatic carbocycles. The van der Waals surface area contributed by atoms with Gasteiger partial charge in [0.25, 0.3) is 5.56 Å². The number of nitrogens with one attached hydrogen (secondary N) is 1. The average Bonchev–Trinajstić information content (AvgIpc) is 2.39. The molecule has 0 saturated carbocycles. The van der Waals surface area contributed by atoms with Crippen molar-refractivity contribution in [3.05, 3.63) is 44.1 Å². The smallest absolute Gasteiger partial charge is 0.322 e. The van der Waals surface area contributed by atoms with Crippen molar-refractivity contribution in [1.29, 1.82) is 0 Å². The van der Waals surface area contributed by atoms with Crippen LogP contribution in [0.25, 0.3) is 22.6 Å². The van der Waals surface area contributed by atoms with Crippen LogP contribution in [0, 0.1) is 5.92 Å². The van der Waals surface area contributed by atoms with E-state index in [-0.39, 0.29) is 11.5 Å². The van der Waals surface area contributed by atoms with Gasteiger partial charge in [0.1, 0.15) is 0 Å². The number of halogens is 1. The maximum atomic E-state index is 12.0. The van der Waals surface area contributed by atoms with Gasteiger partial charge in [0, 0.05) is 11.6 Å². The number of nitrogens with zero attached hydrogens (tertiary/aromatic N) is 3. The molecule has 21 heavy (non-hydrogen) atoms. The molecule has 0 saturated heterocycles. The Labute approximate surface area is 124 Å². The second-order valence-corrected chi connectivity index (χ2v) is 5.73. The van der Waals surface area contributed by atoms with E-state index < -0.39 is 11.2 Å². The van der Waals surface area contributed by atoms with Gasteiger partial charge in [-0.2, -0.15) is 4.98 Å². The highest BCUT2D eigenvalue weighted by Crippen LogP contribution is 2.24. The molecule has 1 aromatic rings. The Hall–Kier alpha value is -2.21. The van der Waals surface area contributed by atoms with E-state index in [1.807, 2.05) is 18.4 Å². The van der Waals surface area contributed by atoms with Gasteiger partial charge in [-0.3, -0.25) is 9.78 Å². The zero-order valence-electron chi connectivity index (χ0n) is 11.6. The molecule has 6 nitrogen and oxygen atoms in total. The molecule has 0 fully saturated rings. The van der Waals surface area contributed by atoms with Gasteiger partial charge < -0.3 is 4.57 Å². The monoisotopic (exact) mass is 304 g/mol. The summed E-state index contributed by atoms with van der Waals surface area (Å²) in [5.41, 5.74) is 0.345. The molecule has 2 heterocycles. The Morgan fingerprint density at radius 2 is 2.05 bits per heavy atom. The molecule has 0 radical (unpaired) electrons. The number of benzene rings is 1. The third-order valence-electron chi connectivity index (χ3n) is 3.12. The van der Waals surface area contributed by atoms with Crippen LogP contribution in [0.15, 0.2) is 27.8 Å². The summed E-state index contributed by atoms with van der Waals surface area (Å²) >= 11 is 6.05. The third-order valence-corrected chi connectivity index (χ3v) is 3.35. The molecule has 3 rings (SSSR count). The molecule has 0 atom stereocenters. The first-order valence-corrected chi connectivity index (χ1v) is 6.93. The maximum Gasteiger partial charge on any atom is 0.349 e. The van der Waals surface area contributed by atoms with Crippen LogP contribution in [0.5, 0.6) is 0 Å². The Kier molecular flexibility index (Phi) is 3.25. The van der Waals surface area contributed by atoms with E-state index in [2.05, 4.69) is 15.0 Å². The Morgan fingerprint density at radius 3 is 2.76 bits per heavy atom. The van der Waals surface area contributed by atoms with Gasteiger partial charge in [-0.1, -0.05) is 25.4 Å². The SMILES string of the molecule is CC(C)Cn1c2nc(=O)[nH]c(=O)c-2nc2ccc(Cl)cc21. The van der Waals surface area contributed by atoms with Gasteiger partial charge in [-0.25, -0.2) is 9.78 Å². The third kappa shape index (κ3) is 2.42. The lowest BCUT2D eigenvalue weighted by Crippen LogP contribution is -2.29. The van der Waals surface area contributed by atoms with Gasteiger partial charge in [0.2, 0.25) is 0 Å². The van der Waals surface area contributed by atoms with Gasteiger partial charge in [-0.15, -0.1) is 0 Å². The minimum Gasteiger partial charge on any atom is -0.322 e. The molecule has 2 aliphatic rings. The number of hydrogen-bond donors (Lipinski definition) is 1. The van der Waals surface area contributed by atoms with Crippen molar-refractivity contribution in [1.82, 2.24) is 19.5 Å². The van der Waals surface area contributed by atoms with Gasteiger partial charge >= 0.3 is 5.69 Å². The van der Waals surface area contributed by atoms with E-state index in [0.717, 1.165) is 5.52 Å². The largest absolute Gasteiger partial charge is 0.349 e. The van der Waals surface area contributed by atoms with E-state index in [4.69, 9.17) is 11.6 Å². The van der Waals surface area contributed by atoms with Crippen LogP contribution in [0.4, 0.5) is 0 Å². The number of fused-ring (bicyclic) bond motifs is 2. The fraction of sp³-hybridized carbons (Fsp3) is 0.286. The summed E-state index contributed by atoms with van der Waals surface area (Å²) in [5, 5.41) is 0.563. The number of H-pyrrole nitrogens is 1. The summed E-state index contributed by atoms with van der Waals surface area (Å²) in [6, 6.07) is 5.23. The van der Waals surface area contributed by atoms with Crippen LogP contribution in [0.1, 0.15) is 13.8 Å². The molecule has 108 valence electrons. The van der Waals surface area contributed by atoms with Crippen molar-refractivity contribution in [2.75, 3.05) is 0 Å². The fourth-order valence-corrected chi connectivity index (χ4v) is 2.48. The summed E-state index contributed by atoms with van der Waals surface area (Å²) in [6.45, 7) is 4.69. The van der Waals surface area contributed by atoms with Gasteiger partial charge in [0.15, 0.2) is 11.5 Å². The zero-order valence-corrected chi connectivity index (χ0v) is 12.3. The molecule has 7 heteroatoms. The summed E-state index contributed by atoms with van der Waals surface area (Å²) in [7, 11) is 0. The predicted molar refractivity (Wildman–Crippen MR) is 80.9 cm³/mol. The number of hydrogen-bond acceptors (Lipinski definition) is 4. The second-order valence-electron chi connectivity index (χ2n) is 5.29. The Morgan fingerprint density at radius 1 is 1.29 bits per heavy atom. The van der Waals surface area contributed by atoms with Crippen molar-refractivity contribution in [2.45, 2.75) is 20.4 Å². The lowest BCUT2D eigenvalue weighted by Gasteiger charge is -2.18. The molecular formula is C14H13ClN4O2. The van der Waals surface area contributed by atoms with E-state index in [0.29, 0.717) is 23.0 Å².